The maximum Gasteiger partial charge on any atom is 0.147 e. The van der Waals surface area contributed by atoms with Crippen LogP contribution in [-0.4, -0.2) is 23.8 Å². The third-order valence-electron chi connectivity index (χ3n) is 3.05. The van der Waals surface area contributed by atoms with E-state index in [0.717, 1.165) is 28.5 Å². The molecule has 1 heterocycles. The number of nitrogens with zero attached hydrogens (tertiary/aromatic N) is 2. The Morgan fingerprint density at radius 1 is 1.05 bits per heavy atom. The van der Waals surface area contributed by atoms with Gasteiger partial charge in [-0.3, -0.25) is 0 Å². The lowest BCUT2D eigenvalue weighted by Gasteiger charge is -1.99. The molecule has 0 amide bonds. The molecule has 3 nitrogen and oxygen atoms in total. The zero-order valence-electron chi connectivity index (χ0n) is 10.8. The Hall–Kier alpha value is -1.78. The number of nitrogens with one attached hydrogen (secondary N) is 1. The summed E-state index contributed by atoms with van der Waals surface area (Å²) >= 11 is 1.67. The number of hydrogen-bond acceptors (Lipinski definition) is 4. The summed E-state index contributed by atoms with van der Waals surface area (Å²) in [5.41, 5.74) is 1.15. The van der Waals surface area contributed by atoms with E-state index in [-0.39, 0.29) is 0 Å². The van der Waals surface area contributed by atoms with Crippen molar-refractivity contribution in [1.29, 1.82) is 0 Å². The summed E-state index contributed by atoms with van der Waals surface area (Å²) in [7, 11) is 1.95. The topological polar surface area (TPSA) is 37.8 Å². The average molecular weight is 269 g/mol. The van der Waals surface area contributed by atoms with Crippen LogP contribution in [0.15, 0.2) is 42.5 Å². The molecule has 3 aromatic rings. The second kappa shape index (κ2) is 5.47. The van der Waals surface area contributed by atoms with Gasteiger partial charge in [-0.25, -0.2) is 0 Å². The fraction of sp³-hybridized carbons (Fsp3) is 0.200. The number of benzene rings is 2. The van der Waals surface area contributed by atoms with Gasteiger partial charge in [0.05, 0.1) is 0 Å². The molecule has 0 atom stereocenters. The number of fused-ring (bicyclic) bond motifs is 1. The third kappa shape index (κ3) is 2.64. The van der Waals surface area contributed by atoms with Gasteiger partial charge in [0.2, 0.25) is 0 Å². The highest BCUT2D eigenvalue weighted by molar-refractivity contribution is 7.14. The third-order valence-corrected chi connectivity index (χ3v) is 4.08. The van der Waals surface area contributed by atoms with E-state index in [1.165, 1.54) is 10.8 Å². The van der Waals surface area contributed by atoms with Crippen LogP contribution < -0.4 is 5.32 Å². The first-order valence-electron chi connectivity index (χ1n) is 6.33. The summed E-state index contributed by atoms with van der Waals surface area (Å²) in [6.07, 6.45) is 0.932. The SMILES string of the molecule is CNCCc1nnc(-c2ccc3ccccc3c2)s1. The number of hydrogen-bond donors (Lipinski definition) is 1. The van der Waals surface area contributed by atoms with Gasteiger partial charge >= 0.3 is 0 Å². The van der Waals surface area contributed by atoms with Crippen molar-refractivity contribution in [3.8, 4) is 10.6 Å². The maximum absolute atomic E-state index is 4.29. The fourth-order valence-corrected chi connectivity index (χ4v) is 2.86. The van der Waals surface area contributed by atoms with Gasteiger partial charge in [0.15, 0.2) is 0 Å². The van der Waals surface area contributed by atoms with E-state index in [2.05, 4.69) is 58.0 Å². The molecule has 0 saturated heterocycles. The second-order valence-electron chi connectivity index (χ2n) is 4.42. The van der Waals surface area contributed by atoms with Crippen molar-refractivity contribution in [2.45, 2.75) is 6.42 Å². The first-order valence-corrected chi connectivity index (χ1v) is 7.14. The van der Waals surface area contributed by atoms with Crippen molar-refractivity contribution in [2.24, 2.45) is 0 Å². The summed E-state index contributed by atoms with van der Waals surface area (Å²) in [5, 5.41) is 16.2. The predicted molar refractivity (Wildman–Crippen MR) is 80.5 cm³/mol. The Morgan fingerprint density at radius 2 is 1.89 bits per heavy atom. The van der Waals surface area contributed by atoms with Gasteiger partial charge in [0, 0.05) is 18.5 Å². The molecule has 0 unspecified atom stereocenters. The Bertz CT molecular complexity index is 690. The van der Waals surface area contributed by atoms with E-state index >= 15 is 0 Å². The molecule has 0 fully saturated rings. The molecule has 1 aromatic heterocycles. The molecule has 0 aliphatic heterocycles. The maximum atomic E-state index is 4.29. The number of rotatable bonds is 4. The monoisotopic (exact) mass is 269 g/mol. The van der Waals surface area contributed by atoms with Crippen molar-refractivity contribution in [3.63, 3.8) is 0 Å². The summed E-state index contributed by atoms with van der Waals surface area (Å²) in [4.78, 5) is 0. The van der Waals surface area contributed by atoms with Crippen LogP contribution in [0.25, 0.3) is 21.3 Å². The van der Waals surface area contributed by atoms with Gasteiger partial charge < -0.3 is 5.32 Å². The van der Waals surface area contributed by atoms with E-state index in [1.54, 1.807) is 11.3 Å². The quantitative estimate of drug-likeness (QED) is 0.791. The van der Waals surface area contributed by atoms with Crippen LogP contribution >= 0.6 is 11.3 Å². The normalized spacial score (nSPS) is 11.0. The highest BCUT2D eigenvalue weighted by atomic mass is 32.1. The van der Waals surface area contributed by atoms with Gasteiger partial charge in [0.25, 0.3) is 0 Å². The molecule has 0 aliphatic rings. The van der Waals surface area contributed by atoms with Crippen molar-refractivity contribution < 1.29 is 0 Å². The minimum Gasteiger partial charge on any atom is -0.319 e. The smallest absolute Gasteiger partial charge is 0.147 e. The summed E-state index contributed by atoms with van der Waals surface area (Å²) < 4.78 is 0. The Labute approximate surface area is 116 Å². The van der Waals surface area contributed by atoms with Gasteiger partial charge in [-0.15, -0.1) is 10.2 Å². The van der Waals surface area contributed by atoms with Crippen molar-refractivity contribution >= 4 is 22.1 Å². The molecule has 1 N–H and O–H groups in total. The summed E-state index contributed by atoms with van der Waals surface area (Å²) in [5.74, 6) is 0. The molecule has 0 radical (unpaired) electrons. The molecule has 4 heteroatoms. The largest absolute Gasteiger partial charge is 0.319 e. The first-order chi connectivity index (χ1) is 9.36. The Kier molecular flexibility index (Phi) is 3.53. The van der Waals surface area contributed by atoms with Crippen LogP contribution in [0, 0.1) is 0 Å². The van der Waals surface area contributed by atoms with Crippen LogP contribution in [0.5, 0.6) is 0 Å². The van der Waals surface area contributed by atoms with Crippen LogP contribution in [0.4, 0.5) is 0 Å². The van der Waals surface area contributed by atoms with Crippen LogP contribution in [0.1, 0.15) is 5.01 Å². The molecule has 0 spiro atoms. The molecule has 96 valence electrons. The first kappa shape index (κ1) is 12.3. The molecule has 3 rings (SSSR count). The minimum absolute atomic E-state index is 0.932. The highest BCUT2D eigenvalue weighted by Crippen LogP contribution is 2.27. The highest BCUT2D eigenvalue weighted by Gasteiger charge is 2.06. The predicted octanol–water partition coefficient (Wildman–Crippen LogP) is 3.12. The summed E-state index contributed by atoms with van der Waals surface area (Å²) in [6.45, 7) is 0.937. The number of likely N-dealkylation sites (N-methyl/N-ethyl adjacent to an activating group) is 1. The van der Waals surface area contributed by atoms with Crippen molar-refractivity contribution in [1.82, 2.24) is 15.5 Å². The van der Waals surface area contributed by atoms with E-state index in [1.807, 2.05) is 7.05 Å². The van der Waals surface area contributed by atoms with Crippen LogP contribution in [0.3, 0.4) is 0 Å². The average Bonchev–Trinajstić information content (AvgIpc) is 2.93. The summed E-state index contributed by atoms with van der Waals surface area (Å²) in [6, 6.07) is 14.8. The van der Waals surface area contributed by atoms with E-state index in [9.17, 15) is 0 Å². The Morgan fingerprint density at radius 3 is 2.74 bits per heavy atom. The van der Waals surface area contributed by atoms with Crippen molar-refractivity contribution in [3.05, 3.63) is 47.5 Å². The molecular formula is C15H15N3S. The molecule has 0 bridgehead atoms. The molecule has 0 saturated carbocycles. The Balaban J connectivity index is 1.92. The second-order valence-corrected chi connectivity index (χ2v) is 5.48. The van der Waals surface area contributed by atoms with Crippen LogP contribution in [-0.2, 0) is 6.42 Å². The van der Waals surface area contributed by atoms with Crippen LogP contribution in [0.2, 0.25) is 0 Å². The lowest BCUT2D eigenvalue weighted by Crippen LogP contribution is -2.09. The van der Waals surface area contributed by atoms with Gasteiger partial charge in [-0.1, -0.05) is 47.7 Å². The number of aromatic nitrogens is 2. The van der Waals surface area contributed by atoms with Gasteiger partial charge in [0.1, 0.15) is 10.0 Å². The van der Waals surface area contributed by atoms with Gasteiger partial charge in [-0.05, 0) is 23.9 Å². The van der Waals surface area contributed by atoms with E-state index in [0.29, 0.717) is 0 Å². The molecule has 2 aromatic carbocycles. The van der Waals surface area contributed by atoms with E-state index < -0.39 is 0 Å². The van der Waals surface area contributed by atoms with E-state index in [4.69, 9.17) is 0 Å². The fourth-order valence-electron chi connectivity index (χ4n) is 2.03. The van der Waals surface area contributed by atoms with Gasteiger partial charge in [-0.2, -0.15) is 0 Å². The molecular weight excluding hydrogens is 254 g/mol. The molecule has 19 heavy (non-hydrogen) atoms. The minimum atomic E-state index is 0.932. The standard InChI is InChI=1S/C15H15N3S/c1-16-9-8-14-17-18-15(19-14)13-7-6-11-4-2-3-5-12(11)10-13/h2-7,10,16H,8-9H2,1H3. The lowest BCUT2D eigenvalue weighted by atomic mass is 10.1. The zero-order chi connectivity index (χ0) is 13.1. The molecule has 0 aliphatic carbocycles. The zero-order valence-corrected chi connectivity index (χ0v) is 11.6. The lowest BCUT2D eigenvalue weighted by molar-refractivity contribution is 0.779. The van der Waals surface area contributed by atoms with Crippen molar-refractivity contribution in [2.75, 3.05) is 13.6 Å².